The Labute approximate surface area is 136 Å². The highest BCUT2D eigenvalue weighted by atomic mass is 35.5. The van der Waals surface area contributed by atoms with Crippen molar-refractivity contribution in [1.29, 1.82) is 0 Å². The van der Waals surface area contributed by atoms with E-state index >= 15 is 0 Å². The minimum Gasteiger partial charge on any atom is -0.543 e. The highest BCUT2D eigenvalue weighted by Crippen LogP contribution is 2.21. The number of carbonyl (C=O) groups excluding carboxylic acids is 1. The van der Waals surface area contributed by atoms with Gasteiger partial charge in [-0.2, -0.15) is 0 Å². The number of likely N-dealkylation sites (tertiary alicyclic amines) is 1. The predicted molar refractivity (Wildman–Crippen MR) is 88.4 cm³/mol. The SMILES string of the molecule is BOC(=O)C(CCCC)CCN1CCC[C@@H]1OC.Cl.Cl. The average molecular weight is 328 g/mol. The standard InChI is InChI=1S/C13H26BNO3.2ClH/c1-3-4-6-11(13(16)18-14)8-10-15-9-5-7-12(15)17-2;;/h11-12H,3-10,14H2,1-2H3;2*1H/t11?,12-;;/m0../s1. The van der Waals surface area contributed by atoms with Crippen molar-refractivity contribution < 1.29 is 14.2 Å². The number of unbranched alkanes of at least 4 members (excludes halogenated alkanes) is 1. The van der Waals surface area contributed by atoms with Gasteiger partial charge in [-0.25, -0.2) is 0 Å². The lowest BCUT2D eigenvalue weighted by molar-refractivity contribution is -0.139. The zero-order valence-electron chi connectivity index (χ0n) is 12.8. The molecule has 4 nitrogen and oxygen atoms in total. The summed E-state index contributed by atoms with van der Waals surface area (Å²) in [5.41, 5.74) is 0. The number of halogens is 2. The monoisotopic (exact) mass is 327 g/mol. The molecule has 2 atom stereocenters. The van der Waals surface area contributed by atoms with E-state index in [1.165, 1.54) is 14.5 Å². The van der Waals surface area contributed by atoms with Gasteiger partial charge in [-0.15, -0.1) is 24.8 Å². The van der Waals surface area contributed by atoms with Crippen LogP contribution in [0.1, 0.15) is 45.4 Å². The molecule has 1 saturated heterocycles. The Kier molecular flexibility index (Phi) is 14.2. The Balaban J connectivity index is 0. The molecule has 0 amide bonds. The summed E-state index contributed by atoms with van der Waals surface area (Å²) in [6.07, 6.45) is 6.58. The first-order valence-corrected chi connectivity index (χ1v) is 7.07. The third-order valence-electron chi connectivity index (χ3n) is 3.78. The molecule has 0 aromatic carbocycles. The molecule has 0 spiro atoms. The van der Waals surface area contributed by atoms with E-state index in [0.717, 1.165) is 45.2 Å². The third kappa shape index (κ3) is 7.16. The second-order valence-corrected chi connectivity index (χ2v) is 5.02. The average Bonchev–Trinajstić information content (AvgIpc) is 2.85. The van der Waals surface area contributed by atoms with Crippen molar-refractivity contribution in [3.05, 3.63) is 0 Å². The molecule has 0 radical (unpaired) electrons. The largest absolute Gasteiger partial charge is 0.543 e. The molecule has 0 aromatic rings. The zero-order chi connectivity index (χ0) is 13.4. The molecule has 7 heteroatoms. The van der Waals surface area contributed by atoms with Crippen LogP contribution in [0.4, 0.5) is 0 Å². The second kappa shape index (κ2) is 12.8. The number of hydrogen-bond donors (Lipinski definition) is 0. The van der Waals surface area contributed by atoms with Crippen molar-refractivity contribution >= 4 is 38.8 Å². The number of nitrogens with zero attached hydrogens (tertiary/aromatic N) is 1. The molecule has 1 aliphatic heterocycles. The molecule has 0 bridgehead atoms. The van der Waals surface area contributed by atoms with Gasteiger partial charge in [0.2, 0.25) is 0 Å². The molecule has 1 fully saturated rings. The summed E-state index contributed by atoms with van der Waals surface area (Å²) in [6.45, 7) is 4.16. The second-order valence-electron chi connectivity index (χ2n) is 5.02. The molecule has 1 aliphatic rings. The van der Waals surface area contributed by atoms with Gasteiger partial charge in [-0.05, 0) is 25.7 Å². The van der Waals surface area contributed by atoms with Crippen LogP contribution in [0.2, 0.25) is 0 Å². The van der Waals surface area contributed by atoms with E-state index in [2.05, 4.69) is 11.8 Å². The number of rotatable bonds is 8. The van der Waals surface area contributed by atoms with Crippen LogP contribution in [0.15, 0.2) is 0 Å². The number of ether oxygens (including phenoxy) is 1. The molecule has 0 aliphatic carbocycles. The van der Waals surface area contributed by atoms with Gasteiger partial charge in [0, 0.05) is 20.2 Å². The van der Waals surface area contributed by atoms with Gasteiger partial charge in [0.1, 0.15) is 6.23 Å². The van der Waals surface area contributed by atoms with E-state index in [4.69, 9.17) is 9.39 Å². The summed E-state index contributed by atoms with van der Waals surface area (Å²) in [4.78, 5) is 14.0. The minimum atomic E-state index is -0.0587. The molecule has 1 heterocycles. The number of methoxy groups -OCH3 is 1. The molecule has 120 valence electrons. The predicted octanol–water partition coefficient (Wildman–Crippen LogP) is 2.19. The topological polar surface area (TPSA) is 38.8 Å². The molecular formula is C13H28BCl2NO3. The minimum absolute atomic E-state index is 0. The first-order valence-electron chi connectivity index (χ1n) is 7.07. The van der Waals surface area contributed by atoms with Crippen molar-refractivity contribution in [2.75, 3.05) is 20.2 Å². The van der Waals surface area contributed by atoms with Crippen LogP contribution in [0.5, 0.6) is 0 Å². The first-order chi connectivity index (χ1) is 8.72. The maximum atomic E-state index is 11.7. The Morgan fingerprint density at radius 1 is 1.40 bits per heavy atom. The van der Waals surface area contributed by atoms with E-state index in [-0.39, 0.29) is 42.9 Å². The molecule has 0 N–H and O–H groups in total. The molecule has 1 rings (SSSR count). The van der Waals surface area contributed by atoms with Crippen LogP contribution < -0.4 is 0 Å². The van der Waals surface area contributed by atoms with E-state index in [9.17, 15) is 4.79 Å². The molecule has 0 saturated carbocycles. The Hall–Kier alpha value is 0.0349. The lowest BCUT2D eigenvalue weighted by Gasteiger charge is -2.25. The lowest BCUT2D eigenvalue weighted by Crippen LogP contribution is -2.33. The van der Waals surface area contributed by atoms with E-state index < -0.39 is 0 Å². The van der Waals surface area contributed by atoms with E-state index in [0.29, 0.717) is 0 Å². The van der Waals surface area contributed by atoms with Gasteiger partial charge >= 0.3 is 8.05 Å². The lowest BCUT2D eigenvalue weighted by atomic mass is 9.98. The maximum Gasteiger partial charge on any atom is 0.325 e. The van der Waals surface area contributed by atoms with Crippen molar-refractivity contribution in [3.8, 4) is 0 Å². The first kappa shape index (κ1) is 22.3. The fourth-order valence-electron chi connectivity index (χ4n) is 2.64. The summed E-state index contributed by atoms with van der Waals surface area (Å²) in [5, 5.41) is 0. The van der Waals surface area contributed by atoms with Crippen LogP contribution in [-0.2, 0) is 14.2 Å². The van der Waals surface area contributed by atoms with Crippen LogP contribution in [-0.4, -0.2) is 45.3 Å². The molecule has 20 heavy (non-hydrogen) atoms. The number of hydrogen-bond acceptors (Lipinski definition) is 4. The smallest absolute Gasteiger partial charge is 0.325 e. The molecule has 1 unspecified atom stereocenters. The summed E-state index contributed by atoms with van der Waals surface area (Å²) < 4.78 is 10.3. The Bertz CT molecular complexity index is 260. The van der Waals surface area contributed by atoms with Gasteiger partial charge in [-0.3, -0.25) is 9.69 Å². The summed E-state index contributed by atoms with van der Waals surface area (Å²) in [5.74, 6) is -0.00956. The van der Waals surface area contributed by atoms with Crippen LogP contribution in [0.3, 0.4) is 0 Å². The van der Waals surface area contributed by atoms with Crippen molar-refractivity contribution in [2.24, 2.45) is 5.92 Å². The van der Waals surface area contributed by atoms with Crippen LogP contribution >= 0.6 is 24.8 Å². The van der Waals surface area contributed by atoms with Gasteiger partial charge in [0.15, 0.2) is 0 Å². The van der Waals surface area contributed by atoms with E-state index in [1.54, 1.807) is 7.11 Å². The Morgan fingerprint density at radius 2 is 2.10 bits per heavy atom. The third-order valence-corrected chi connectivity index (χ3v) is 3.78. The summed E-state index contributed by atoms with van der Waals surface area (Å²) >= 11 is 0. The van der Waals surface area contributed by atoms with Gasteiger partial charge in [0.25, 0.3) is 5.97 Å². The van der Waals surface area contributed by atoms with Gasteiger partial charge < -0.3 is 9.39 Å². The van der Waals surface area contributed by atoms with Crippen molar-refractivity contribution in [2.45, 2.75) is 51.7 Å². The Morgan fingerprint density at radius 3 is 2.65 bits per heavy atom. The number of carbonyl (C=O) groups is 1. The fraction of sp³-hybridized carbons (Fsp3) is 0.923. The molecule has 0 aromatic heterocycles. The maximum absolute atomic E-state index is 11.7. The highest BCUT2D eigenvalue weighted by Gasteiger charge is 2.26. The summed E-state index contributed by atoms with van der Waals surface area (Å²) in [6, 6.07) is 0. The van der Waals surface area contributed by atoms with Gasteiger partial charge in [-0.1, -0.05) is 19.8 Å². The molecular weight excluding hydrogens is 300 g/mol. The van der Waals surface area contributed by atoms with Gasteiger partial charge in [0.05, 0.1) is 5.92 Å². The van der Waals surface area contributed by atoms with Crippen LogP contribution in [0, 0.1) is 5.92 Å². The van der Waals surface area contributed by atoms with Crippen LogP contribution in [0.25, 0.3) is 0 Å². The van der Waals surface area contributed by atoms with E-state index in [1.807, 2.05) is 0 Å². The van der Waals surface area contributed by atoms with Crippen molar-refractivity contribution in [3.63, 3.8) is 0 Å². The fourth-order valence-corrected chi connectivity index (χ4v) is 2.64. The normalized spacial score (nSPS) is 19.8. The highest BCUT2D eigenvalue weighted by molar-refractivity contribution is 6.05. The quantitative estimate of drug-likeness (QED) is 0.641. The van der Waals surface area contributed by atoms with Crippen molar-refractivity contribution in [1.82, 2.24) is 4.90 Å². The summed E-state index contributed by atoms with van der Waals surface area (Å²) in [7, 11) is 3.24. The zero-order valence-corrected chi connectivity index (χ0v) is 14.4.